The number of nitrogens with one attached hydrogen (secondary N) is 2. The molecule has 0 aliphatic carbocycles. The fourth-order valence-electron chi connectivity index (χ4n) is 2.06. The monoisotopic (exact) mass is 308 g/mol. The molecule has 21 heavy (non-hydrogen) atoms. The van der Waals surface area contributed by atoms with Crippen molar-refractivity contribution >= 4 is 34.8 Å². The zero-order valence-corrected chi connectivity index (χ0v) is 11.5. The quantitative estimate of drug-likeness (QED) is 0.735. The normalized spacial score (nSPS) is 10.2. The summed E-state index contributed by atoms with van der Waals surface area (Å²) < 4.78 is 27.0. The third kappa shape index (κ3) is 2.73. The summed E-state index contributed by atoms with van der Waals surface area (Å²) in [7, 11) is 0. The van der Waals surface area contributed by atoms with Gasteiger partial charge in [-0.1, -0.05) is 30.3 Å². The van der Waals surface area contributed by atoms with Crippen LogP contribution >= 0.6 is 12.4 Å². The molecule has 0 bridgehead atoms. The first kappa shape index (κ1) is 15.0. The van der Waals surface area contributed by atoms with E-state index >= 15 is 0 Å². The minimum Gasteiger partial charge on any atom is -0.356 e. The summed E-state index contributed by atoms with van der Waals surface area (Å²) in [6, 6.07) is 10.6. The third-order valence-corrected chi connectivity index (χ3v) is 3.03. The fourth-order valence-corrected chi connectivity index (χ4v) is 2.06. The number of anilines is 1. The molecule has 0 unspecified atom stereocenters. The van der Waals surface area contributed by atoms with Crippen LogP contribution in [-0.2, 0) is 0 Å². The average molecular weight is 309 g/mol. The van der Waals surface area contributed by atoms with Crippen LogP contribution in [0.25, 0.3) is 10.8 Å². The number of benzene rings is 2. The highest BCUT2D eigenvalue weighted by Crippen LogP contribution is 2.22. The van der Waals surface area contributed by atoms with Gasteiger partial charge in [0.2, 0.25) is 0 Å². The van der Waals surface area contributed by atoms with E-state index < -0.39 is 23.2 Å². The van der Waals surface area contributed by atoms with Gasteiger partial charge in [0.25, 0.3) is 5.91 Å². The number of H-pyrrole nitrogens is 1. The lowest BCUT2D eigenvalue weighted by Gasteiger charge is -2.06. The molecule has 3 nitrogen and oxygen atoms in total. The molecule has 0 saturated heterocycles. The highest BCUT2D eigenvalue weighted by atomic mass is 35.5. The van der Waals surface area contributed by atoms with Gasteiger partial charge in [-0.25, -0.2) is 8.78 Å². The summed E-state index contributed by atoms with van der Waals surface area (Å²) in [6.07, 6.45) is 1.67. The summed E-state index contributed by atoms with van der Waals surface area (Å²) in [5, 5.41) is 3.80. The Kier molecular flexibility index (Phi) is 4.23. The molecule has 108 valence electrons. The molecule has 0 spiro atoms. The molecule has 0 saturated carbocycles. The Balaban J connectivity index is 0.00000161. The summed E-state index contributed by atoms with van der Waals surface area (Å²) >= 11 is 0. The molecule has 0 fully saturated rings. The molecule has 1 heterocycles. The molecule has 1 amide bonds. The highest BCUT2D eigenvalue weighted by molar-refractivity contribution is 6.12. The number of rotatable bonds is 2. The molecule has 1 aromatic heterocycles. The van der Waals surface area contributed by atoms with E-state index in [1.165, 1.54) is 6.07 Å². The van der Waals surface area contributed by atoms with E-state index in [0.29, 0.717) is 5.39 Å². The lowest BCUT2D eigenvalue weighted by molar-refractivity contribution is 0.102. The highest BCUT2D eigenvalue weighted by Gasteiger charge is 2.16. The lowest BCUT2D eigenvalue weighted by atomic mass is 10.2. The van der Waals surface area contributed by atoms with Crippen molar-refractivity contribution in [2.24, 2.45) is 0 Å². The van der Waals surface area contributed by atoms with Gasteiger partial charge < -0.3 is 10.3 Å². The molecule has 3 aromatic rings. The number of fused-ring (bicyclic) bond motifs is 1. The second kappa shape index (κ2) is 5.93. The van der Waals surface area contributed by atoms with Crippen molar-refractivity contribution in [1.82, 2.24) is 4.98 Å². The van der Waals surface area contributed by atoms with Gasteiger partial charge in [-0.2, -0.15) is 0 Å². The van der Waals surface area contributed by atoms with Crippen LogP contribution in [0, 0.1) is 11.6 Å². The molecular formula is C15H11ClF2N2O. The summed E-state index contributed by atoms with van der Waals surface area (Å²) in [6.45, 7) is 0. The zero-order chi connectivity index (χ0) is 14.1. The van der Waals surface area contributed by atoms with E-state index in [2.05, 4.69) is 10.3 Å². The Morgan fingerprint density at radius 3 is 2.38 bits per heavy atom. The topological polar surface area (TPSA) is 44.9 Å². The van der Waals surface area contributed by atoms with Gasteiger partial charge in [-0.3, -0.25) is 4.79 Å². The van der Waals surface area contributed by atoms with Gasteiger partial charge in [-0.15, -0.1) is 12.4 Å². The predicted molar refractivity (Wildman–Crippen MR) is 79.9 cm³/mol. The maximum atomic E-state index is 13.5. The maximum Gasteiger partial charge on any atom is 0.272 e. The van der Waals surface area contributed by atoms with Gasteiger partial charge in [0.1, 0.15) is 23.0 Å². The molecule has 2 N–H and O–H groups in total. The number of aromatic nitrogens is 1. The van der Waals surface area contributed by atoms with Crippen LogP contribution in [-0.4, -0.2) is 10.9 Å². The second-order valence-corrected chi connectivity index (χ2v) is 4.30. The largest absolute Gasteiger partial charge is 0.356 e. The first-order valence-corrected chi connectivity index (χ1v) is 5.98. The summed E-state index contributed by atoms with van der Waals surface area (Å²) in [5.74, 6) is -2.21. The van der Waals surface area contributed by atoms with Crippen molar-refractivity contribution in [1.29, 1.82) is 0 Å². The standard InChI is InChI=1S/C15H10F2N2O.ClH/c16-11-6-3-7-12(17)14(11)19-15(20)13-10-5-2-1-4-9(10)8-18-13;/h1-8,18H,(H,19,20);1H. The Morgan fingerprint density at radius 1 is 1.00 bits per heavy atom. The van der Waals surface area contributed by atoms with Crippen molar-refractivity contribution < 1.29 is 13.6 Å². The number of para-hydroxylation sites is 1. The van der Waals surface area contributed by atoms with Crippen molar-refractivity contribution in [2.75, 3.05) is 5.32 Å². The molecule has 2 aromatic carbocycles. The van der Waals surface area contributed by atoms with E-state index in [0.717, 1.165) is 17.5 Å². The SMILES string of the molecule is Cl.O=C(Nc1c(F)cccc1F)c1[nH]cc2ccccc12. The van der Waals surface area contributed by atoms with Gasteiger partial charge in [0, 0.05) is 11.6 Å². The molecule has 0 aliphatic rings. The number of aromatic amines is 1. The lowest BCUT2D eigenvalue weighted by Crippen LogP contribution is -2.15. The van der Waals surface area contributed by atoms with Crippen LogP contribution in [0.3, 0.4) is 0 Å². The Bertz CT molecular complexity index is 781. The van der Waals surface area contributed by atoms with Gasteiger partial charge in [0.15, 0.2) is 0 Å². The van der Waals surface area contributed by atoms with E-state index in [-0.39, 0.29) is 18.1 Å². The van der Waals surface area contributed by atoms with E-state index in [9.17, 15) is 13.6 Å². The Morgan fingerprint density at radius 2 is 1.67 bits per heavy atom. The zero-order valence-electron chi connectivity index (χ0n) is 10.7. The van der Waals surface area contributed by atoms with Crippen LogP contribution < -0.4 is 5.32 Å². The van der Waals surface area contributed by atoms with Crippen LogP contribution in [0.1, 0.15) is 10.5 Å². The van der Waals surface area contributed by atoms with Gasteiger partial charge in [-0.05, 0) is 17.5 Å². The third-order valence-electron chi connectivity index (χ3n) is 3.03. The van der Waals surface area contributed by atoms with Crippen LogP contribution in [0.4, 0.5) is 14.5 Å². The summed E-state index contributed by atoms with van der Waals surface area (Å²) in [4.78, 5) is 14.9. The van der Waals surface area contributed by atoms with Crippen LogP contribution in [0.5, 0.6) is 0 Å². The van der Waals surface area contributed by atoms with E-state index in [1.54, 1.807) is 18.3 Å². The number of hydrogen-bond donors (Lipinski definition) is 2. The predicted octanol–water partition coefficient (Wildman–Crippen LogP) is 4.12. The van der Waals surface area contributed by atoms with Crippen molar-refractivity contribution in [3.05, 3.63) is 66.0 Å². The number of halogens is 3. The minimum atomic E-state index is -0.811. The molecule has 6 heteroatoms. The maximum absolute atomic E-state index is 13.5. The molecule has 0 aliphatic heterocycles. The van der Waals surface area contributed by atoms with Crippen molar-refractivity contribution in [3.63, 3.8) is 0 Å². The first-order chi connectivity index (χ1) is 9.66. The molecule has 3 rings (SSSR count). The van der Waals surface area contributed by atoms with Crippen LogP contribution in [0.15, 0.2) is 48.7 Å². The molecule has 0 atom stereocenters. The number of carbonyl (C=O) groups excluding carboxylic acids is 1. The van der Waals surface area contributed by atoms with E-state index in [1.807, 2.05) is 12.1 Å². The molecular weight excluding hydrogens is 298 g/mol. The minimum absolute atomic E-state index is 0. The number of hydrogen-bond acceptors (Lipinski definition) is 1. The van der Waals surface area contributed by atoms with E-state index in [4.69, 9.17) is 0 Å². The van der Waals surface area contributed by atoms with Crippen LogP contribution in [0.2, 0.25) is 0 Å². The van der Waals surface area contributed by atoms with Crippen molar-refractivity contribution in [3.8, 4) is 0 Å². The van der Waals surface area contributed by atoms with Gasteiger partial charge in [0.05, 0.1) is 0 Å². The first-order valence-electron chi connectivity index (χ1n) is 5.98. The average Bonchev–Trinajstić information content (AvgIpc) is 2.87. The van der Waals surface area contributed by atoms with Gasteiger partial charge >= 0.3 is 0 Å². The number of carbonyl (C=O) groups is 1. The molecule has 0 radical (unpaired) electrons. The Labute approximate surface area is 125 Å². The summed E-state index contributed by atoms with van der Waals surface area (Å²) in [5.41, 5.74) is -0.181. The second-order valence-electron chi connectivity index (χ2n) is 4.30. The smallest absolute Gasteiger partial charge is 0.272 e. The fraction of sp³-hybridized carbons (Fsp3) is 0. The number of amides is 1. The van der Waals surface area contributed by atoms with Crippen molar-refractivity contribution in [2.45, 2.75) is 0 Å². The Hall–Kier alpha value is -2.40.